The average molecular weight is 633 g/mol. The minimum atomic E-state index is -0.828. The van der Waals surface area contributed by atoms with Gasteiger partial charge in [-0.25, -0.2) is 14.4 Å². The van der Waals surface area contributed by atoms with E-state index in [1.165, 1.54) is 6.08 Å². The van der Waals surface area contributed by atoms with E-state index in [9.17, 15) is 14.4 Å². The molecule has 4 rings (SSSR count). The minimum absolute atomic E-state index is 0.0972. The summed E-state index contributed by atoms with van der Waals surface area (Å²) in [5.74, 6) is -1.42. The molecule has 0 unspecified atom stereocenters. The van der Waals surface area contributed by atoms with Crippen LogP contribution >= 0.6 is 0 Å². The third kappa shape index (κ3) is 9.65. The molecule has 12 heteroatoms. The van der Waals surface area contributed by atoms with Crippen LogP contribution < -0.4 is 21.4 Å². The number of piperidine rings is 3. The number of carbonyl (C=O) groups is 3. The van der Waals surface area contributed by atoms with Gasteiger partial charge in [-0.3, -0.25) is 5.43 Å². The highest BCUT2D eigenvalue weighted by atomic mass is 16.6. The van der Waals surface area contributed by atoms with Crippen molar-refractivity contribution in [3.63, 3.8) is 0 Å². The molecule has 4 aliphatic heterocycles. The molecule has 0 aromatic carbocycles. The third-order valence-corrected chi connectivity index (χ3v) is 8.59. The zero-order chi connectivity index (χ0) is 33.8. The lowest BCUT2D eigenvalue weighted by Crippen LogP contribution is -2.60. The molecule has 3 saturated heterocycles. The molecule has 4 aliphatic rings. The molecule has 3 fully saturated rings. The molecule has 0 bridgehead atoms. The zero-order valence-electron chi connectivity index (χ0n) is 29.4. The number of ether oxygens (including phenoxy) is 3. The van der Waals surface area contributed by atoms with Crippen LogP contribution in [0.4, 0.5) is 4.79 Å². The zero-order valence-corrected chi connectivity index (χ0v) is 29.4. The van der Waals surface area contributed by atoms with Gasteiger partial charge in [0, 0.05) is 77.8 Å². The van der Waals surface area contributed by atoms with Gasteiger partial charge in [0.1, 0.15) is 24.0 Å². The van der Waals surface area contributed by atoms with E-state index in [1.807, 2.05) is 0 Å². The lowest BCUT2D eigenvalue weighted by molar-refractivity contribution is -0.149. The molecule has 0 aromatic rings. The summed E-state index contributed by atoms with van der Waals surface area (Å²) >= 11 is 0. The fourth-order valence-electron chi connectivity index (χ4n) is 8.29. The van der Waals surface area contributed by atoms with Crippen molar-refractivity contribution in [2.75, 3.05) is 0 Å². The number of nitrogens with one attached hydrogen (secondary N) is 4. The van der Waals surface area contributed by atoms with Crippen LogP contribution in [0.3, 0.4) is 0 Å². The standard InChI is InChI=1S/C33H56N6O6/c1-28(2)14-20(15-29(3,4)36-28)43-25(40)23-13-24(26(41)44-21-16-30(5,6)37-31(7,8)17-21)35-39(34-23)27(42)45-22-18-32(9,10)38-33(11,12)19-22/h13,20-22,34,36-38H,14-19H2,1-12H3. The van der Waals surface area contributed by atoms with E-state index in [0.29, 0.717) is 38.5 Å². The van der Waals surface area contributed by atoms with Gasteiger partial charge in [-0.05, 0) is 83.1 Å². The second-order valence-electron chi connectivity index (χ2n) is 17.4. The van der Waals surface area contributed by atoms with Gasteiger partial charge in [-0.15, -0.1) is 10.2 Å². The van der Waals surface area contributed by atoms with Gasteiger partial charge in [0.25, 0.3) is 0 Å². The molecule has 0 spiro atoms. The van der Waals surface area contributed by atoms with Gasteiger partial charge < -0.3 is 30.2 Å². The van der Waals surface area contributed by atoms with Crippen molar-refractivity contribution in [2.24, 2.45) is 5.10 Å². The number of hydrazone groups is 1. The summed E-state index contributed by atoms with van der Waals surface area (Å²) < 4.78 is 17.8. The Hall–Kier alpha value is -2.70. The summed E-state index contributed by atoms with van der Waals surface area (Å²) in [5.41, 5.74) is 0.919. The largest absolute Gasteiger partial charge is 0.458 e. The SMILES string of the molecule is CC1(C)CC(OC(=O)C2=CC(C(=O)OC3CC(C)(C)NC(C)(C)C3)=NN(C(=O)OC3CC(C)(C)NC(C)(C)C3)N2)CC(C)(C)N1. The molecule has 4 heterocycles. The number of nitrogens with zero attached hydrogens (tertiary/aromatic N) is 2. The second kappa shape index (κ2) is 11.8. The number of esters is 2. The van der Waals surface area contributed by atoms with Crippen LogP contribution in [-0.4, -0.2) is 80.4 Å². The summed E-state index contributed by atoms with van der Waals surface area (Å²) in [6.07, 6.45) is 2.87. The molecule has 45 heavy (non-hydrogen) atoms. The quantitative estimate of drug-likeness (QED) is 0.257. The molecular formula is C33H56N6O6. The highest BCUT2D eigenvalue weighted by Gasteiger charge is 2.43. The van der Waals surface area contributed by atoms with Crippen LogP contribution in [0.1, 0.15) is 122 Å². The number of rotatable bonds is 5. The van der Waals surface area contributed by atoms with Crippen LogP contribution in [0.2, 0.25) is 0 Å². The Balaban J connectivity index is 1.56. The Morgan fingerprint density at radius 2 is 0.933 bits per heavy atom. The van der Waals surface area contributed by atoms with Crippen LogP contribution in [0, 0.1) is 0 Å². The molecule has 0 radical (unpaired) electrons. The van der Waals surface area contributed by atoms with Crippen molar-refractivity contribution in [3.8, 4) is 0 Å². The number of amides is 1. The fourth-order valence-corrected chi connectivity index (χ4v) is 8.29. The van der Waals surface area contributed by atoms with E-state index in [4.69, 9.17) is 14.2 Å². The van der Waals surface area contributed by atoms with Crippen molar-refractivity contribution in [2.45, 2.75) is 173 Å². The van der Waals surface area contributed by atoms with E-state index in [1.54, 1.807) is 0 Å². The maximum absolute atomic E-state index is 13.6. The van der Waals surface area contributed by atoms with E-state index in [-0.39, 0.29) is 56.9 Å². The lowest BCUT2D eigenvalue weighted by Gasteiger charge is -2.46. The van der Waals surface area contributed by atoms with Gasteiger partial charge in [0.15, 0.2) is 5.71 Å². The van der Waals surface area contributed by atoms with Crippen molar-refractivity contribution < 1.29 is 28.6 Å². The van der Waals surface area contributed by atoms with Gasteiger partial charge in [-0.2, -0.15) is 0 Å². The first-order valence-corrected chi connectivity index (χ1v) is 16.2. The average Bonchev–Trinajstić information content (AvgIpc) is 2.77. The van der Waals surface area contributed by atoms with Gasteiger partial charge >= 0.3 is 18.0 Å². The van der Waals surface area contributed by atoms with Crippen molar-refractivity contribution >= 4 is 23.7 Å². The summed E-state index contributed by atoms with van der Waals surface area (Å²) in [6.45, 7) is 24.8. The van der Waals surface area contributed by atoms with Crippen molar-refractivity contribution in [1.82, 2.24) is 26.5 Å². The molecular weight excluding hydrogens is 576 g/mol. The van der Waals surface area contributed by atoms with Gasteiger partial charge in [0.2, 0.25) is 0 Å². The first-order chi connectivity index (χ1) is 20.3. The van der Waals surface area contributed by atoms with Crippen LogP contribution in [0.5, 0.6) is 0 Å². The highest BCUT2D eigenvalue weighted by molar-refractivity contribution is 6.42. The van der Waals surface area contributed by atoms with Crippen LogP contribution in [0.15, 0.2) is 16.9 Å². The molecule has 0 saturated carbocycles. The number of hydrogen-bond donors (Lipinski definition) is 4. The first-order valence-electron chi connectivity index (χ1n) is 16.2. The summed E-state index contributed by atoms with van der Waals surface area (Å²) in [7, 11) is 0. The Kier molecular flexibility index (Phi) is 9.24. The number of hydrazine groups is 1. The summed E-state index contributed by atoms with van der Waals surface area (Å²) in [5, 5.41) is 15.8. The Morgan fingerprint density at radius 3 is 1.31 bits per heavy atom. The predicted octanol–water partition coefficient (Wildman–Crippen LogP) is 4.20. The molecule has 12 nitrogen and oxygen atoms in total. The maximum atomic E-state index is 13.6. The van der Waals surface area contributed by atoms with Crippen molar-refractivity contribution in [3.05, 3.63) is 11.8 Å². The highest BCUT2D eigenvalue weighted by Crippen LogP contribution is 2.33. The maximum Gasteiger partial charge on any atom is 0.450 e. The summed E-state index contributed by atoms with van der Waals surface area (Å²) in [6, 6.07) is 0. The molecule has 0 aromatic heterocycles. The Labute approximate surface area is 268 Å². The molecule has 0 aliphatic carbocycles. The van der Waals surface area contributed by atoms with E-state index >= 15 is 0 Å². The topological polar surface area (TPSA) is 143 Å². The Bertz CT molecular complexity index is 1200. The minimum Gasteiger partial charge on any atom is -0.458 e. The molecule has 254 valence electrons. The van der Waals surface area contributed by atoms with Crippen LogP contribution in [-0.2, 0) is 23.8 Å². The molecule has 4 N–H and O–H groups in total. The number of hydrogen-bond acceptors (Lipinski definition) is 11. The second-order valence-corrected chi connectivity index (χ2v) is 17.4. The molecule has 0 atom stereocenters. The monoisotopic (exact) mass is 632 g/mol. The van der Waals surface area contributed by atoms with Crippen LogP contribution in [0.25, 0.3) is 0 Å². The lowest BCUT2D eigenvalue weighted by atomic mass is 9.81. The fraction of sp³-hybridized carbons (Fsp3) is 0.818. The predicted molar refractivity (Wildman–Crippen MR) is 172 cm³/mol. The Morgan fingerprint density at radius 1 is 0.600 bits per heavy atom. The normalized spacial score (nSPS) is 27.3. The van der Waals surface area contributed by atoms with Crippen molar-refractivity contribution in [1.29, 1.82) is 0 Å². The first kappa shape index (κ1) is 35.2. The van der Waals surface area contributed by atoms with E-state index in [2.05, 4.69) is 110 Å². The molecule has 1 amide bonds. The van der Waals surface area contributed by atoms with E-state index in [0.717, 1.165) is 5.12 Å². The summed E-state index contributed by atoms with van der Waals surface area (Å²) in [4.78, 5) is 40.6. The van der Waals surface area contributed by atoms with Gasteiger partial charge in [-0.1, -0.05) is 0 Å². The van der Waals surface area contributed by atoms with Gasteiger partial charge in [0.05, 0.1) is 0 Å². The smallest absolute Gasteiger partial charge is 0.450 e. The third-order valence-electron chi connectivity index (χ3n) is 8.59. The number of carbonyl (C=O) groups excluding carboxylic acids is 3. The van der Waals surface area contributed by atoms with E-state index < -0.39 is 24.1 Å².